The minimum atomic E-state index is 0.456. The van der Waals surface area contributed by atoms with E-state index in [4.69, 9.17) is 15.2 Å². The van der Waals surface area contributed by atoms with E-state index >= 15 is 0 Å². The first-order valence-corrected chi connectivity index (χ1v) is 5.34. The van der Waals surface area contributed by atoms with E-state index in [1.54, 1.807) is 14.2 Å². The Balaban J connectivity index is 2.37. The molecule has 2 N–H and O–H groups in total. The molecule has 0 aromatic heterocycles. The zero-order valence-corrected chi connectivity index (χ0v) is 9.61. The van der Waals surface area contributed by atoms with Crippen molar-refractivity contribution in [3.05, 3.63) is 0 Å². The number of guanidine groups is 1. The Morgan fingerprint density at radius 1 is 1.27 bits per heavy atom. The quantitative estimate of drug-likeness (QED) is 0.482. The highest BCUT2D eigenvalue weighted by Crippen LogP contribution is 2.23. The lowest BCUT2D eigenvalue weighted by atomic mass is 10.5. The zero-order valence-electron chi connectivity index (χ0n) is 9.61. The van der Waals surface area contributed by atoms with Crippen LogP contribution in [0.1, 0.15) is 12.8 Å². The molecule has 1 aliphatic carbocycles. The summed E-state index contributed by atoms with van der Waals surface area (Å²) in [7, 11) is 3.37. The van der Waals surface area contributed by atoms with Crippen molar-refractivity contribution in [1.29, 1.82) is 0 Å². The Kier molecular flexibility index (Phi) is 5.42. The summed E-state index contributed by atoms with van der Waals surface area (Å²) in [6, 6.07) is 0.456. The Morgan fingerprint density at radius 3 is 2.20 bits per heavy atom. The second-order valence-corrected chi connectivity index (χ2v) is 3.69. The van der Waals surface area contributed by atoms with Crippen molar-refractivity contribution < 1.29 is 9.47 Å². The van der Waals surface area contributed by atoms with Crippen LogP contribution in [0.4, 0.5) is 0 Å². The summed E-state index contributed by atoms with van der Waals surface area (Å²) in [6.45, 7) is 2.85. The van der Waals surface area contributed by atoms with Gasteiger partial charge in [-0.05, 0) is 12.8 Å². The second-order valence-electron chi connectivity index (χ2n) is 3.69. The normalized spacial score (nSPS) is 16.8. The highest BCUT2D eigenvalue weighted by atomic mass is 16.5. The third kappa shape index (κ3) is 4.99. The van der Waals surface area contributed by atoms with Crippen molar-refractivity contribution in [2.24, 2.45) is 10.7 Å². The summed E-state index contributed by atoms with van der Waals surface area (Å²) < 4.78 is 10.1. The van der Waals surface area contributed by atoms with Gasteiger partial charge < -0.3 is 20.1 Å². The molecule has 5 heteroatoms. The molecule has 0 radical (unpaired) electrons. The van der Waals surface area contributed by atoms with Gasteiger partial charge in [0.2, 0.25) is 0 Å². The third-order valence-corrected chi connectivity index (χ3v) is 2.32. The fraction of sp³-hybridized carbons (Fsp3) is 0.900. The molecule has 5 nitrogen and oxygen atoms in total. The summed E-state index contributed by atoms with van der Waals surface area (Å²) in [6.07, 6.45) is 2.34. The summed E-state index contributed by atoms with van der Waals surface area (Å²) in [5.41, 5.74) is 5.91. The van der Waals surface area contributed by atoms with Crippen LogP contribution in [-0.2, 0) is 9.47 Å². The highest BCUT2D eigenvalue weighted by Gasteiger charge is 2.21. The Bertz CT molecular complexity index is 197. The predicted octanol–water partition coefficient (Wildman–Crippen LogP) is 0.0583. The first-order chi connectivity index (χ1) is 7.27. The van der Waals surface area contributed by atoms with Crippen LogP contribution in [0.2, 0.25) is 0 Å². The van der Waals surface area contributed by atoms with Gasteiger partial charge in [-0.15, -0.1) is 0 Å². The van der Waals surface area contributed by atoms with Crippen molar-refractivity contribution in [1.82, 2.24) is 4.90 Å². The smallest absolute Gasteiger partial charge is 0.191 e. The maximum absolute atomic E-state index is 5.91. The van der Waals surface area contributed by atoms with E-state index in [0.717, 1.165) is 13.1 Å². The molecule has 88 valence electrons. The molecule has 0 saturated heterocycles. The van der Waals surface area contributed by atoms with Crippen LogP contribution < -0.4 is 5.73 Å². The molecule has 0 aliphatic heterocycles. The Labute approximate surface area is 91.2 Å². The molecule has 0 aromatic rings. The highest BCUT2D eigenvalue weighted by molar-refractivity contribution is 5.78. The zero-order chi connectivity index (χ0) is 11.1. The topological polar surface area (TPSA) is 60.1 Å². The molecule has 1 fully saturated rings. The molecule has 0 aromatic carbocycles. The van der Waals surface area contributed by atoms with Gasteiger partial charge in [0, 0.05) is 27.3 Å². The number of ether oxygens (including phenoxy) is 2. The van der Waals surface area contributed by atoms with Crippen molar-refractivity contribution in [3.8, 4) is 0 Å². The van der Waals surface area contributed by atoms with E-state index in [9.17, 15) is 0 Å². The third-order valence-electron chi connectivity index (χ3n) is 2.32. The van der Waals surface area contributed by atoms with E-state index in [1.165, 1.54) is 12.8 Å². The van der Waals surface area contributed by atoms with Gasteiger partial charge in [-0.25, -0.2) is 4.99 Å². The lowest BCUT2D eigenvalue weighted by molar-refractivity contribution is 0.145. The van der Waals surface area contributed by atoms with Gasteiger partial charge in [0.1, 0.15) is 0 Å². The number of aliphatic imine (C=N–C) groups is 1. The lowest BCUT2D eigenvalue weighted by Crippen LogP contribution is -2.41. The molecule has 0 unspecified atom stereocenters. The maximum Gasteiger partial charge on any atom is 0.191 e. The molecule has 1 saturated carbocycles. The molecular formula is C10H21N3O2. The molecule has 0 spiro atoms. The number of methoxy groups -OCH3 is 2. The van der Waals surface area contributed by atoms with Gasteiger partial charge in [-0.2, -0.15) is 0 Å². The molecule has 15 heavy (non-hydrogen) atoms. The average Bonchev–Trinajstić information content (AvgIpc) is 3.02. The van der Waals surface area contributed by atoms with Gasteiger partial charge in [0.15, 0.2) is 5.96 Å². The second kappa shape index (κ2) is 6.63. The largest absolute Gasteiger partial charge is 0.383 e. The average molecular weight is 215 g/mol. The molecule has 0 amide bonds. The minimum absolute atomic E-state index is 0.456. The monoisotopic (exact) mass is 215 g/mol. The van der Waals surface area contributed by atoms with Crippen LogP contribution in [0.25, 0.3) is 0 Å². The van der Waals surface area contributed by atoms with Crippen molar-refractivity contribution in [2.45, 2.75) is 18.9 Å². The summed E-state index contributed by atoms with van der Waals surface area (Å²) >= 11 is 0. The molecular weight excluding hydrogens is 194 g/mol. The number of hydrogen-bond acceptors (Lipinski definition) is 3. The standard InChI is InChI=1S/C10H21N3O2/c1-14-7-5-13(6-8-15-2)10(11)12-9-3-4-9/h9H,3-8H2,1-2H3,(H2,11,12). The van der Waals surface area contributed by atoms with Gasteiger partial charge in [-0.3, -0.25) is 0 Å². The van der Waals surface area contributed by atoms with E-state index < -0.39 is 0 Å². The fourth-order valence-corrected chi connectivity index (χ4v) is 1.22. The summed E-state index contributed by atoms with van der Waals surface area (Å²) in [5, 5.41) is 0. The van der Waals surface area contributed by atoms with Crippen molar-refractivity contribution in [2.75, 3.05) is 40.5 Å². The summed E-state index contributed by atoms with van der Waals surface area (Å²) in [5.74, 6) is 0.617. The minimum Gasteiger partial charge on any atom is -0.383 e. The van der Waals surface area contributed by atoms with Gasteiger partial charge in [0.25, 0.3) is 0 Å². The van der Waals surface area contributed by atoms with E-state index in [1.807, 2.05) is 4.90 Å². The van der Waals surface area contributed by atoms with Crippen LogP contribution >= 0.6 is 0 Å². The Morgan fingerprint density at radius 2 is 1.80 bits per heavy atom. The molecule has 0 heterocycles. The molecule has 1 rings (SSSR count). The van der Waals surface area contributed by atoms with Crippen LogP contribution in [0, 0.1) is 0 Å². The predicted molar refractivity (Wildman–Crippen MR) is 60.0 cm³/mol. The van der Waals surface area contributed by atoms with Crippen molar-refractivity contribution in [3.63, 3.8) is 0 Å². The number of nitrogens with two attached hydrogens (primary N) is 1. The molecule has 0 bridgehead atoms. The van der Waals surface area contributed by atoms with Gasteiger partial charge >= 0.3 is 0 Å². The molecule has 1 aliphatic rings. The van der Waals surface area contributed by atoms with E-state index in [0.29, 0.717) is 25.2 Å². The van der Waals surface area contributed by atoms with Crippen LogP contribution in [0.5, 0.6) is 0 Å². The SMILES string of the molecule is COCCN(CCOC)C(N)=NC1CC1. The summed E-state index contributed by atoms with van der Waals surface area (Å²) in [4.78, 5) is 6.41. The molecule has 0 atom stereocenters. The number of hydrogen-bond donors (Lipinski definition) is 1. The van der Waals surface area contributed by atoms with Crippen LogP contribution in [0.15, 0.2) is 4.99 Å². The fourth-order valence-electron chi connectivity index (χ4n) is 1.22. The maximum atomic E-state index is 5.91. The Hall–Kier alpha value is -0.810. The first kappa shape index (κ1) is 12.3. The van der Waals surface area contributed by atoms with E-state index in [2.05, 4.69) is 4.99 Å². The van der Waals surface area contributed by atoms with Crippen LogP contribution in [-0.4, -0.2) is 57.4 Å². The first-order valence-electron chi connectivity index (χ1n) is 5.34. The number of nitrogens with zero attached hydrogens (tertiary/aromatic N) is 2. The van der Waals surface area contributed by atoms with Crippen molar-refractivity contribution >= 4 is 5.96 Å². The van der Waals surface area contributed by atoms with Gasteiger partial charge in [-0.1, -0.05) is 0 Å². The van der Waals surface area contributed by atoms with Gasteiger partial charge in [0.05, 0.1) is 19.3 Å². The van der Waals surface area contributed by atoms with E-state index in [-0.39, 0.29) is 0 Å². The van der Waals surface area contributed by atoms with Crippen LogP contribution in [0.3, 0.4) is 0 Å². The number of rotatable bonds is 7. The lowest BCUT2D eigenvalue weighted by Gasteiger charge is -2.22.